The molecule has 1 N–H and O–H groups in total. The van der Waals surface area contributed by atoms with Gasteiger partial charge in [-0.25, -0.2) is 0 Å². The molecule has 30 heavy (non-hydrogen) atoms. The van der Waals surface area contributed by atoms with Crippen molar-refractivity contribution >= 4 is 11.9 Å². The summed E-state index contributed by atoms with van der Waals surface area (Å²) in [6.45, 7) is 5.27. The topological polar surface area (TPSA) is 75.4 Å². The van der Waals surface area contributed by atoms with Crippen molar-refractivity contribution in [1.82, 2.24) is 14.7 Å². The van der Waals surface area contributed by atoms with Crippen LogP contribution in [0.5, 0.6) is 0 Å². The van der Waals surface area contributed by atoms with E-state index in [0.717, 1.165) is 25.0 Å². The molecule has 1 aliphatic rings. The summed E-state index contributed by atoms with van der Waals surface area (Å²) < 4.78 is 41.4. The Bertz CT molecular complexity index is 978. The number of alkyl halides is 3. The Morgan fingerprint density at radius 3 is 2.47 bits per heavy atom. The number of benzene rings is 1. The highest BCUT2D eigenvalue weighted by molar-refractivity contribution is 5.81. The first-order valence-corrected chi connectivity index (χ1v) is 9.78. The Hall–Kier alpha value is -2.84. The van der Waals surface area contributed by atoms with Crippen LogP contribution in [0.1, 0.15) is 42.3 Å². The zero-order valence-electron chi connectivity index (χ0n) is 17.1. The number of nitrogens with zero attached hydrogens (tertiary/aromatic N) is 3. The molecule has 1 amide bonds. The summed E-state index contributed by atoms with van der Waals surface area (Å²) in [5, 5.41) is 13.3. The molecule has 1 heterocycles. The summed E-state index contributed by atoms with van der Waals surface area (Å²) in [5.74, 6) is -1.15. The number of hydrogen-bond acceptors (Lipinski definition) is 3. The van der Waals surface area contributed by atoms with Gasteiger partial charge in [-0.05, 0) is 56.9 Å². The molecule has 0 radical (unpaired) electrons. The lowest BCUT2D eigenvalue weighted by Gasteiger charge is -2.23. The van der Waals surface area contributed by atoms with Crippen LogP contribution in [-0.2, 0) is 28.9 Å². The van der Waals surface area contributed by atoms with Gasteiger partial charge in [0.05, 0.1) is 11.3 Å². The van der Waals surface area contributed by atoms with Gasteiger partial charge in [-0.2, -0.15) is 18.3 Å². The van der Waals surface area contributed by atoms with Crippen molar-refractivity contribution in [2.75, 3.05) is 6.54 Å². The minimum absolute atomic E-state index is 0.0408. The van der Waals surface area contributed by atoms with Crippen LogP contribution < -0.4 is 0 Å². The smallest absolute Gasteiger partial charge is 0.416 e. The van der Waals surface area contributed by atoms with Crippen molar-refractivity contribution in [2.24, 2.45) is 5.92 Å². The van der Waals surface area contributed by atoms with Crippen LogP contribution in [0.2, 0.25) is 0 Å². The number of halogens is 3. The molecule has 9 heteroatoms. The van der Waals surface area contributed by atoms with Crippen molar-refractivity contribution in [2.45, 2.75) is 52.9 Å². The molecular formula is C21H24F3N3O3. The lowest BCUT2D eigenvalue weighted by molar-refractivity contribution is -0.138. The van der Waals surface area contributed by atoms with Crippen LogP contribution in [0.4, 0.5) is 13.2 Å². The summed E-state index contributed by atoms with van der Waals surface area (Å²) in [4.78, 5) is 25.2. The normalized spacial score (nSPS) is 14.1. The van der Waals surface area contributed by atoms with E-state index in [2.05, 4.69) is 5.10 Å². The van der Waals surface area contributed by atoms with Gasteiger partial charge in [0.15, 0.2) is 0 Å². The van der Waals surface area contributed by atoms with Gasteiger partial charge in [0, 0.05) is 30.3 Å². The fourth-order valence-corrected chi connectivity index (χ4v) is 3.65. The summed E-state index contributed by atoms with van der Waals surface area (Å²) in [5.41, 5.74) is 1.76. The molecule has 1 fully saturated rings. The third kappa shape index (κ3) is 4.49. The SMILES string of the molecule is CCN(Cc1cc(C(F)(F)F)ccc1-c1c(C)nn(CC(=O)O)c1C)C(=O)C1CC1. The Kier molecular flexibility index (Phi) is 5.92. The van der Waals surface area contributed by atoms with Crippen LogP contribution in [0.3, 0.4) is 0 Å². The zero-order chi connectivity index (χ0) is 22.2. The maximum absolute atomic E-state index is 13.4. The average molecular weight is 423 g/mol. The number of aryl methyl sites for hydroxylation is 1. The number of carboxylic acid groups (broad SMARTS) is 1. The van der Waals surface area contributed by atoms with Crippen LogP contribution >= 0.6 is 0 Å². The molecule has 3 rings (SSSR count). The molecule has 2 aromatic rings. The molecule has 0 atom stereocenters. The number of rotatable bonds is 7. The number of carbonyl (C=O) groups is 2. The zero-order valence-corrected chi connectivity index (χ0v) is 17.1. The maximum atomic E-state index is 13.4. The number of carboxylic acids is 1. The largest absolute Gasteiger partial charge is 0.480 e. The van der Waals surface area contributed by atoms with E-state index in [9.17, 15) is 22.8 Å². The van der Waals surface area contributed by atoms with Crippen LogP contribution in [-0.4, -0.2) is 38.2 Å². The quantitative estimate of drug-likeness (QED) is 0.730. The van der Waals surface area contributed by atoms with Gasteiger partial charge in [0.1, 0.15) is 6.54 Å². The molecule has 0 spiro atoms. The molecular weight excluding hydrogens is 399 g/mol. The van der Waals surface area contributed by atoms with Crippen molar-refractivity contribution in [1.29, 1.82) is 0 Å². The van der Waals surface area contributed by atoms with E-state index in [0.29, 0.717) is 34.6 Å². The van der Waals surface area contributed by atoms with E-state index in [1.807, 2.05) is 0 Å². The second-order valence-corrected chi connectivity index (χ2v) is 7.59. The Morgan fingerprint density at radius 1 is 1.27 bits per heavy atom. The standard InChI is InChI=1S/C21H24F3N3O3/c1-4-26(20(30)14-5-6-14)10-15-9-16(21(22,23)24)7-8-17(15)19-12(2)25-27(13(19)3)11-18(28)29/h7-9,14H,4-6,10-11H2,1-3H3,(H,28,29). The fraction of sp³-hybridized carbons (Fsp3) is 0.476. The van der Waals surface area contributed by atoms with Gasteiger partial charge < -0.3 is 10.0 Å². The fourth-order valence-electron chi connectivity index (χ4n) is 3.65. The van der Waals surface area contributed by atoms with Gasteiger partial charge in [-0.15, -0.1) is 0 Å². The number of aliphatic carboxylic acids is 1. The Labute approximate surface area is 172 Å². The molecule has 1 aromatic heterocycles. The average Bonchev–Trinajstić information content (AvgIpc) is 3.46. The summed E-state index contributed by atoms with van der Waals surface area (Å²) >= 11 is 0. The molecule has 0 bridgehead atoms. The molecule has 1 aliphatic carbocycles. The first-order chi connectivity index (χ1) is 14.0. The predicted molar refractivity (Wildman–Crippen MR) is 104 cm³/mol. The minimum atomic E-state index is -4.51. The number of amides is 1. The van der Waals surface area contributed by atoms with Gasteiger partial charge >= 0.3 is 12.1 Å². The van der Waals surface area contributed by atoms with E-state index >= 15 is 0 Å². The second-order valence-electron chi connectivity index (χ2n) is 7.59. The monoisotopic (exact) mass is 423 g/mol. The van der Waals surface area contributed by atoms with Gasteiger partial charge in [0.2, 0.25) is 5.91 Å². The molecule has 0 unspecified atom stereocenters. The van der Waals surface area contributed by atoms with Crippen LogP contribution in [0, 0.1) is 19.8 Å². The lowest BCUT2D eigenvalue weighted by atomic mass is 9.95. The first kappa shape index (κ1) is 21.9. The molecule has 0 saturated heterocycles. The Morgan fingerprint density at radius 2 is 1.93 bits per heavy atom. The highest BCUT2D eigenvalue weighted by Crippen LogP contribution is 2.37. The lowest BCUT2D eigenvalue weighted by Crippen LogP contribution is -2.31. The van der Waals surface area contributed by atoms with Crippen molar-refractivity contribution < 1.29 is 27.9 Å². The molecule has 1 saturated carbocycles. The molecule has 6 nitrogen and oxygen atoms in total. The van der Waals surface area contributed by atoms with E-state index in [-0.39, 0.29) is 24.9 Å². The van der Waals surface area contributed by atoms with Crippen molar-refractivity contribution in [3.8, 4) is 11.1 Å². The number of hydrogen-bond donors (Lipinski definition) is 1. The summed E-state index contributed by atoms with van der Waals surface area (Å²) in [7, 11) is 0. The summed E-state index contributed by atoms with van der Waals surface area (Å²) in [6, 6.07) is 3.46. The summed E-state index contributed by atoms with van der Waals surface area (Å²) in [6.07, 6.45) is -2.89. The van der Waals surface area contributed by atoms with E-state index in [4.69, 9.17) is 5.11 Å². The van der Waals surface area contributed by atoms with Gasteiger partial charge in [-0.3, -0.25) is 14.3 Å². The van der Waals surface area contributed by atoms with Crippen molar-refractivity contribution in [3.05, 3.63) is 40.7 Å². The van der Waals surface area contributed by atoms with Crippen LogP contribution in [0.15, 0.2) is 18.2 Å². The van der Waals surface area contributed by atoms with Gasteiger partial charge in [-0.1, -0.05) is 6.07 Å². The Balaban J connectivity index is 2.09. The second kappa shape index (κ2) is 8.12. The third-order valence-corrected chi connectivity index (χ3v) is 5.35. The molecule has 1 aromatic carbocycles. The van der Waals surface area contributed by atoms with E-state index < -0.39 is 17.7 Å². The maximum Gasteiger partial charge on any atom is 0.416 e. The van der Waals surface area contributed by atoms with Gasteiger partial charge in [0.25, 0.3) is 0 Å². The number of carbonyl (C=O) groups excluding carboxylic acids is 1. The predicted octanol–water partition coefficient (Wildman–Crippen LogP) is 4.03. The molecule has 0 aliphatic heterocycles. The van der Waals surface area contributed by atoms with Crippen LogP contribution in [0.25, 0.3) is 11.1 Å². The third-order valence-electron chi connectivity index (χ3n) is 5.35. The van der Waals surface area contributed by atoms with E-state index in [1.165, 1.54) is 10.7 Å². The first-order valence-electron chi connectivity index (χ1n) is 9.78. The van der Waals surface area contributed by atoms with E-state index in [1.54, 1.807) is 25.7 Å². The highest BCUT2D eigenvalue weighted by atomic mass is 19.4. The number of aromatic nitrogens is 2. The van der Waals surface area contributed by atoms with Crippen molar-refractivity contribution in [3.63, 3.8) is 0 Å². The minimum Gasteiger partial charge on any atom is -0.480 e. The highest BCUT2D eigenvalue weighted by Gasteiger charge is 2.35. The molecule has 162 valence electrons.